The molecule has 2 aromatic rings. The van der Waals surface area contributed by atoms with Crippen LogP contribution in [-0.4, -0.2) is 16.6 Å². The highest BCUT2D eigenvalue weighted by Crippen LogP contribution is 2.24. The van der Waals surface area contributed by atoms with Crippen molar-refractivity contribution in [2.45, 2.75) is 5.03 Å². The first-order chi connectivity index (χ1) is 11.6. The van der Waals surface area contributed by atoms with Crippen molar-refractivity contribution in [2.75, 3.05) is 16.8 Å². The number of benzene rings is 1. The second kappa shape index (κ2) is 7.64. The minimum Gasteiger partial charge on any atom is -0.383 e. The number of pyridine rings is 1. The maximum absolute atomic E-state index is 12.0. The fraction of sp³-hybridized carbons (Fsp3) is 0.0625. The maximum Gasteiger partial charge on any atom is 0.234 e. The van der Waals surface area contributed by atoms with E-state index in [0.29, 0.717) is 11.3 Å². The van der Waals surface area contributed by atoms with Crippen LogP contribution in [0.1, 0.15) is 16.7 Å². The van der Waals surface area contributed by atoms with Gasteiger partial charge in [-0.2, -0.15) is 15.8 Å². The van der Waals surface area contributed by atoms with Gasteiger partial charge in [-0.25, -0.2) is 4.98 Å². The molecule has 0 bridgehead atoms. The van der Waals surface area contributed by atoms with Gasteiger partial charge in [0, 0.05) is 0 Å². The van der Waals surface area contributed by atoms with Gasteiger partial charge in [-0.3, -0.25) is 4.79 Å². The van der Waals surface area contributed by atoms with Crippen LogP contribution in [0.2, 0.25) is 0 Å². The monoisotopic (exact) mass is 334 g/mol. The van der Waals surface area contributed by atoms with E-state index >= 15 is 0 Å². The Balaban J connectivity index is 2.10. The summed E-state index contributed by atoms with van der Waals surface area (Å²) in [7, 11) is 0. The van der Waals surface area contributed by atoms with Gasteiger partial charge in [0.1, 0.15) is 29.1 Å². The molecule has 0 saturated carbocycles. The van der Waals surface area contributed by atoms with E-state index < -0.39 is 0 Å². The summed E-state index contributed by atoms with van der Waals surface area (Å²) in [6, 6.07) is 13.7. The van der Waals surface area contributed by atoms with Crippen molar-refractivity contribution in [3.63, 3.8) is 0 Å². The van der Waals surface area contributed by atoms with Gasteiger partial charge in [0.05, 0.1) is 28.1 Å². The molecule has 0 aliphatic rings. The Morgan fingerprint density at radius 1 is 1.12 bits per heavy atom. The standard InChI is InChI=1S/C16H10N6OS/c17-6-10-3-1-2-4-13(10)21-14(23)9-24-16-12(8-19)5-11(7-18)15(20)22-16/h1-5H,9H2,(H2,20,22)(H,21,23). The molecule has 1 heterocycles. The molecule has 24 heavy (non-hydrogen) atoms. The molecule has 8 heteroatoms. The Labute approximate surface area is 142 Å². The van der Waals surface area contributed by atoms with E-state index in [9.17, 15) is 4.79 Å². The summed E-state index contributed by atoms with van der Waals surface area (Å²) in [6.07, 6.45) is 0. The molecule has 1 aromatic carbocycles. The number of aromatic nitrogens is 1. The first kappa shape index (κ1) is 16.8. The number of nitriles is 3. The predicted octanol–water partition coefficient (Wildman–Crippen LogP) is 2.01. The number of amides is 1. The summed E-state index contributed by atoms with van der Waals surface area (Å²) < 4.78 is 0. The number of nitrogens with zero attached hydrogens (tertiary/aromatic N) is 4. The average Bonchev–Trinajstić information content (AvgIpc) is 2.60. The van der Waals surface area contributed by atoms with Crippen LogP contribution in [0.4, 0.5) is 11.5 Å². The quantitative estimate of drug-likeness (QED) is 0.815. The predicted molar refractivity (Wildman–Crippen MR) is 88.6 cm³/mol. The number of anilines is 2. The van der Waals surface area contributed by atoms with Crippen molar-refractivity contribution < 1.29 is 4.79 Å². The number of para-hydroxylation sites is 1. The Bertz CT molecular complexity index is 920. The number of hydrogen-bond donors (Lipinski definition) is 2. The molecule has 7 nitrogen and oxygen atoms in total. The lowest BCUT2D eigenvalue weighted by molar-refractivity contribution is -0.113. The van der Waals surface area contributed by atoms with Crippen molar-refractivity contribution in [2.24, 2.45) is 0 Å². The Morgan fingerprint density at radius 2 is 1.79 bits per heavy atom. The van der Waals surface area contributed by atoms with E-state index in [4.69, 9.17) is 21.5 Å². The van der Waals surface area contributed by atoms with Gasteiger partial charge in [0.25, 0.3) is 0 Å². The van der Waals surface area contributed by atoms with Crippen molar-refractivity contribution in [1.82, 2.24) is 4.98 Å². The molecule has 0 unspecified atom stereocenters. The number of hydrogen-bond acceptors (Lipinski definition) is 7. The van der Waals surface area contributed by atoms with Gasteiger partial charge in [0.15, 0.2) is 0 Å². The van der Waals surface area contributed by atoms with Crippen LogP contribution in [0.5, 0.6) is 0 Å². The molecule has 0 fully saturated rings. The number of thioether (sulfide) groups is 1. The third-order valence-corrected chi connectivity index (χ3v) is 3.91. The molecule has 1 aromatic heterocycles. The smallest absolute Gasteiger partial charge is 0.234 e. The third-order valence-electron chi connectivity index (χ3n) is 2.92. The summed E-state index contributed by atoms with van der Waals surface area (Å²) >= 11 is 1.03. The summed E-state index contributed by atoms with van der Waals surface area (Å²) in [4.78, 5) is 16.0. The summed E-state index contributed by atoms with van der Waals surface area (Å²) in [5, 5.41) is 29.9. The number of nitrogen functional groups attached to an aromatic ring is 1. The van der Waals surface area contributed by atoms with Crippen molar-refractivity contribution >= 4 is 29.2 Å². The van der Waals surface area contributed by atoms with E-state index in [0.717, 1.165) is 11.8 Å². The zero-order valence-corrected chi connectivity index (χ0v) is 13.1. The Kier molecular flexibility index (Phi) is 5.36. The first-order valence-corrected chi connectivity index (χ1v) is 7.60. The number of carbonyl (C=O) groups excluding carboxylic acids is 1. The number of nitrogens with two attached hydrogens (primary N) is 1. The number of nitrogens with one attached hydrogen (secondary N) is 1. The molecule has 116 valence electrons. The molecule has 0 atom stereocenters. The first-order valence-electron chi connectivity index (χ1n) is 6.61. The number of carbonyl (C=O) groups is 1. The van der Waals surface area contributed by atoms with Crippen molar-refractivity contribution in [3.8, 4) is 18.2 Å². The zero-order valence-electron chi connectivity index (χ0n) is 12.3. The van der Waals surface area contributed by atoms with Gasteiger partial charge >= 0.3 is 0 Å². The van der Waals surface area contributed by atoms with Crippen LogP contribution < -0.4 is 11.1 Å². The van der Waals surface area contributed by atoms with Gasteiger partial charge in [0.2, 0.25) is 5.91 Å². The fourth-order valence-corrected chi connectivity index (χ4v) is 2.56. The largest absolute Gasteiger partial charge is 0.383 e. The SMILES string of the molecule is N#Cc1ccccc1NC(=O)CSc1nc(N)c(C#N)cc1C#N. The third kappa shape index (κ3) is 3.80. The van der Waals surface area contributed by atoms with Crippen LogP contribution in [0, 0.1) is 34.0 Å². The van der Waals surface area contributed by atoms with Gasteiger partial charge in [-0.15, -0.1) is 0 Å². The summed E-state index contributed by atoms with van der Waals surface area (Å²) in [5.41, 5.74) is 6.69. The summed E-state index contributed by atoms with van der Waals surface area (Å²) in [5.74, 6) is -0.363. The molecule has 3 N–H and O–H groups in total. The highest BCUT2D eigenvalue weighted by Gasteiger charge is 2.13. The molecule has 1 amide bonds. The van der Waals surface area contributed by atoms with E-state index in [-0.39, 0.29) is 33.6 Å². The van der Waals surface area contributed by atoms with Crippen LogP contribution in [-0.2, 0) is 4.79 Å². The van der Waals surface area contributed by atoms with Crippen LogP contribution in [0.25, 0.3) is 0 Å². The normalized spacial score (nSPS) is 9.38. The van der Waals surface area contributed by atoms with Gasteiger partial charge in [-0.05, 0) is 18.2 Å². The highest BCUT2D eigenvalue weighted by molar-refractivity contribution is 8.00. The molecule has 0 saturated heterocycles. The molecular weight excluding hydrogens is 324 g/mol. The van der Waals surface area contributed by atoms with Gasteiger partial charge in [-0.1, -0.05) is 23.9 Å². The van der Waals surface area contributed by atoms with Crippen molar-refractivity contribution in [3.05, 3.63) is 47.0 Å². The lowest BCUT2D eigenvalue weighted by atomic mass is 10.2. The van der Waals surface area contributed by atoms with Crippen LogP contribution in [0.15, 0.2) is 35.4 Å². The Hall–Kier alpha value is -3.54. The van der Waals surface area contributed by atoms with E-state index in [1.54, 1.807) is 24.3 Å². The summed E-state index contributed by atoms with van der Waals surface area (Å²) in [6.45, 7) is 0. The van der Waals surface area contributed by atoms with E-state index in [2.05, 4.69) is 10.3 Å². The molecule has 0 aliphatic heterocycles. The van der Waals surface area contributed by atoms with E-state index in [1.165, 1.54) is 6.07 Å². The molecule has 2 rings (SSSR count). The molecular formula is C16H10N6OS. The molecule has 0 spiro atoms. The molecule has 0 radical (unpaired) electrons. The van der Waals surface area contributed by atoms with Gasteiger partial charge < -0.3 is 11.1 Å². The lowest BCUT2D eigenvalue weighted by Crippen LogP contribution is -2.15. The lowest BCUT2D eigenvalue weighted by Gasteiger charge is -2.08. The fourth-order valence-electron chi connectivity index (χ4n) is 1.80. The minimum absolute atomic E-state index is 0.00855. The zero-order chi connectivity index (χ0) is 17.5. The average molecular weight is 334 g/mol. The minimum atomic E-state index is -0.351. The van der Waals surface area contributed by atoms with Crippen molar-refractivity contribution in [1.29, 1.82) is 15.8 Å². The van der Waals surface area contributed by atoms with Crippen LogP contribution >= 0.6 is 11.8 Å². The topological polar surface area (TPSA) is 139 Å². The Morgan fingerprint density at radius 3 is 2.46 bits per heavy atom. The number of rotatable bonds is 4. The molecule has 0 aliphatic carbocycles. The maximum atomic E-state index is 12.0. The van der Waals surface area contributed by atoms with Crippen LogP contribution in [0.3, 0.4) is 0 Å². The second-order valence-electron chi connectivity index (χ2n) is 4.49. The van der Waals surface area contributed by atoms with E-state index in [1.807, 2.05) is 18.2 Å². The highest BCUT2D eigenvalue weighted by atomic mass is 32.2. The second-order valence-corrected chi connectivity index (χ2v) is 5.46.